The van der Waals surface area contributed by atoms with Crippen LogP contribution < -0.4 is 10.2 Å². The molecule has 2 aliphatic rings. The first kappa shape index (κ1) is 12.0. The van der Waals surface area contributed by atoms with Gasteiger partial charge in [-0.2, -0.15) is 0 Å². The van der Waals surface area contributed by atoms with Gasteiger partial charge in [-0.25, -0.2) is 0 Å². The summed E-state index contributed by atoms with van der Waals surface area (Å²) in [5.74, 6) is 2.30. The van der Waals surface area contributed by atoms with Crippen LogP contribution in [-0.2, 0) is 0 Å². The molecule has 98 valence electrons. The molecular formula is C16H24N2. The van der Waals surface area contributed by atoms with Crippen LogP contribution in [0.25, 0.3) is 0 Å². The second-order valence-electron chi connectivity index (χ2n) is 6.24. The summed E-state index contributed by atoms with van der Waals surface area (Å²) in [5.41, 5.74) is 2.98. The average Bonchev–Trinajstić information content (AvgIpc) is 2.38. The molecule has 0 aliphatic carbocycles. The number of hydrogen-bond acceptors (Lipinski definition) is 2. The smallest absolute Gasteiger partial charge is 0.0401 e. The molecule has 2 heterocycles. The van der Waals surface area contributed by atoms with Gasteiger partial charge in [-0.15, -0.1) is 0 Å². The van der Waals surface area contributed by atoms with Gasteiger partial charge in [-0.1, -0.05) is 32.0 Å². The van der Waals surface area contributed by atoms with E-state index in [0.717, 1.165) is 11.8 Å². The third kappa shape index (κ3) is 2.26. The predicted octanol–water partition coefficient (Wildman–Crippen LogP) is 2.86. The van der Waals surface area contributed by atoms with E-state index < -0.39 is 0 Å². The number of anilines is 1. The summed E-state index contributed by atoms with van der Waals surface area (Å²) in [6.07, 6.45) is 1.42. The predicted molar refractivity (Wildman–Crippen MR) is 77.2 cm³/mol. The van der Waals surface area contributed by atoms with E-state index in [0.29, 0.717) is 5.92 Å². The first-order valence-electron chi connectivity index (χ1n) is 7.28. The molecule has 18 heavy (non-hydrogen) atoms. The van der Waals surface area contributed by atoms with Crippen molar-refractivity contribution < 1.29 is 0 Å². The van der Waals surface area contributed by atoms with Gasteiger partial charge in [0, 0.05) is 18.8 Å². The Labute approximate surface area is 110 Å². The minimum absolute atomic E-state index is 0.612. The molecule has 0 radical (unpaired) electrons. The van der Waals surface area contributed by atoms with Crippen LogP contribution in [0.1, 0.15) is 31.7 Å². The summed E-state index contributed by atoms with van der Waals surface area (Å²) in [7, 11) is 0. The molecule has 0 spiro atoms. The highest BCUT2D eigenvalue weighted by molar-refractivity contribution is 5.55. The van der Waals surface area contributed by atoms with Gasteiger partial charge in [0.1, 0.15) is 0 Å². The summed E-state index contributed by atoms with van der Waals surface area (Å²) < 4.78 is 0. The van der Waals surface area contributed by atoms with Crippen molar-refractivity contribution in [3.8, 4) is 0 Å². The summed E-state index contributed by atoms with van der Waals surface area (Å²) in [6, 6.07) is 8.96. The van der Waals surface area contributed by atoms with E-state index >= 15 is 0 Å². The zero-order valence-corrected chi connectivity index (χ0v) is 11.5. The monoisotopic (exact) mass is 244 g/mol. The van der Waals surface area contributed by atoms with Crippen molar-refractivity contribution in [1.29, 1.82) is 0 Å². The van der Waals surface area contributed by atoms with E-state index in [9.17, 15) is 0 Å². The van der Waals surface area contributed by atoms with E-state index in [1.54, 1.807) is 0 Å². The molecule has 2 nitrogen and oxygen atoms in total. The number of benzene rings is 1. The quantitative estimate of drug-likeness (QED) is 0.860. The summed E-state index contributed by atoms with van der Waals surface area (Å²) in [6.45, 7) is 9.46. The van der Waals surface area contributed by atoms with Crippen molar-refractivity contribution in [2.75, 3.05) is 31.1 Å². The molecule has 2 heteroatoms. The Balaban J connectivity index is 1.86. The summed E-state index contributed by atoms with van der Waals surface area (Å²) in [5, 5.41) is 3.57. The fourth-order valence-corrected chi connectivity index (χ4v) is 3.57. The highest BCUT2D eigenvalue weighted by atomic mass is 15.2. The lowest BCUT2D eigenvalue weighted by Crippen LogP contribution is -2.51. The molecular weight excluding hydrogens is 220 g/mol. The average molecular weight is 244 g/mol. The van der Waals surface area contributed by atoms with Crippen LogP contribution in [0.4, 0.5) is 5.69 Å². The first-order chi connectivity index (χ1) is 8.74. The molecule has 1 N–H and O–H groups in total. The van der Waals surface area contributed by atoms with E-state index in [1.807, 2.05) is 0 Å². The van der Waals surface area contributed by atoms with E-state index in [4.69, 9.17) is 0 Å². The van der Waals surface area contributed by atoms with Crippen molar-refractivity contribution >= 4 is 5.69 Å². The minimum atomic E-state index is 0.612. The van der Waals surface area contributed by atoms with Gasteiger partial charge in [-0.3, -0.25) is 0 Å². The number of para-hydroxylation sites is 1. The van der Waals surface area contributed by atoms with Crippen LogP contribution in [0.3, 0.4) is 0 Å². The van der Waals surface area contributed by atoms with Crippen molar-refractivity contribution in [1.82, 2.24) is 5.32 Å². The summed E-state index contributed by atoms with van der Waals surface area (Å²) >= 11 is 0. The molecule has 3 rings (SSSR count). The van der Waals surface area contributed by atoms with Gasteiger partial charge in [0.05, 0.1) is 0 Å². The first-order valence-corrected chi connectivity index (χ1v) is 7.28. The van der Waals surface area contributed by atoms with Crippen LogP contribution in [0.15, 0.2) is 24.3 Å². The van der Waals surface area contributed by atoms with Gasteiger partial charge in [0.15, 0.2) is 0 Å². The van der Waals surface area contributed by atoms with Gasteiger partial charge in [0.25, 0.3) is 0 Å². The molecule has 0 amide bonds. The van der Waals surface area contributed by atoms with Crippen molar-refractivity contribution in [3.05, 3.63) is 29.8 Å². The Morgan fingerprint density at radius 2 is 1.78 bits per heavy atom. The van der Waals surface area contributed by atoms with Crippen LogP contribution >= 0.6 is 0 Å². The van der Waals surface area contributed by atoms with Crippen molar-refractivity contribution in [2.45, 2.75) is 26.2 Å². The van der Waals surface area contributed by atoms with Crippen LogP contribution in [-0.4, -0.2) is 26.2 Å². The second-order valence-corrected chi connectivity index (χ2v) is 6.24. The largest absolute Gasteiger partial charge is 0.371 e. The molecule has 2 fully saturated rings. The molecule has 2 bridgehead atoms. The Hall–Kier alpha value is -1.02. The fourth-order valence-electron chi connectivity index (χ4n) is 3.57. The molecule has 1 aromatic carbocycles. The van der Waals surface area contributed by atoms with Crippen molar-refractivity contribution in [2.24, 2.45) is 11.8 Å². The molecule has 0 aromatic heterocycles. The maximum Gasteiger partial charge on any atom is 0.0401 e. The van der Waals surface area contributed by atoms with Gasteiger partial charge in [0.2, 0.25) is 0 Å². The van der Waals surface area contributed by atoms with Crippen molar-refractivity contribution in [3.63, 3.8) is 0 Å². The molecule has 2 saturated heterocycles. The maximum absolute atomic E-state index is 3.57. The highest BCUT2D eigenvalue weighted by Crippen LogP contribution is 2.33. The lowest BCUT2D eigenvalue weighted by atomic mass is 9.85. The molecule has 2 aliphatic heterocycles. The molecule has 2 unspecified atom stereocenters. The second kappa shape index (κ2) is 4.93. The number of piperidine rings is 2. The standard InChI is InChI=1S/C16H24N2/c1-12(2)15-5-3-4-6-16(15)18-10-13-7-14(11-18)9-17-8-13/h3-6,12-14,17H,7-11H2,1-2H3. The van der Waals surface area contributed by atoms with E-state index in [-0.39, 0.29) is 0 Å². The SMILES string of the molecule is CC(C)c1ccccc1N1CC2CNCC(C2)C1. The Morgan fingerprint density at radius 3 is 2.44 bits per heavy atom. The number of nitrogens with one attached hydrogen (secondary N) is 1. The van der Waals surface area contributed by atoms with Gasteiger partial charge < -0.3 is 10.2 Å². The van der Waals surface area contributed by atoms with Gasteiger partial charge in [-0.05, 0) is 48.9 Å². The molecule has 2 atom stereocenters. The molecule has 0 saturated carbocycles. The number of rotatable bonds is 2. The fraction of sp³-hybridized carbons (Fsp3) is 0.625. The lowest BCUT2D eigenvalue weighted by molar-refractivity contribution is 0.249. The normalized spacial score (nSPS) is 27.6. The van der Waals surface area contributed by atoms with Crippen LogP contribution in [0.2, 0.25) is 0 Å². The Morgan fingerprint density at radius 1 is 1.11 bits per heavy atom. The zero-order valence-electron chi connectivity index (χ0n) is 11.5. The van der Waals surface area contributed by atoms with Crippen LogP contribution in [0.5, 0.6) is 0 Å². The van der Waals surface area contributed by atoms with E-state index in [2.05, 4.69) is 48.3 Å². The Kier molecular flexibility index (Phi) is 3.29. The number of fused-ring (bicyclic) bond motifs is 2. The Bertz CT molecular complexity index is 401. The van der Waals surface area contributed by atoms with Crippen LogP contribution in [0, 0.1) is 11.8 Å². The third-order valence-corrected chi connectivity index (χ3v) is 4.39. The zero-order chi connectivity index (χ0) is 12.5. The lowest BCUT2D eigenvalue weighted by Gasteiger charge is -2.43. The topological polar surface area (TPSA) is 15.3 Å². The minimum Gasteiger partial charge on any atom is -0.371 e. The number of nitrogens with zero attached hydrogens (tertiary/aromatic N) is 1. The van der Waals surface area contributed by atoms with E-state index in [1.165, 1.54) is 43.9 Å². The third-order valence-electron chi connectivity index (χ3n) is 4.39. The highest BCUT2D eigenvalue weighted by Gasteiger charge is 2.31. The number of hydrogen-bond donors (Lipinski definition) is 1. The summed E-state index contributed by atoms with van der Waals surface area (Å²) in [4.78, 5) is 2.63. The molecule has 1 aromatic rings. The maximum atomic E-state index is 3.57. The van der Waals surface area contributed by atoms with Gasteiger partial charge >= 0.3 is 0 Å².